The molecule has 0 unspecified atom stereocenters. The van der Waals surface area contributed by atoms with Crippen molar-refractivity contribution in [2.24, 2.45) is 0 Å². The molecule has 0 saturated carbocycles. The zero-order valence-corrected chi connectivity index (χ0v) is 14.8. The molecule has 2 aromatic rings. The maximum absolute atomic E-state index is 12.4. The fourth-order valence-corrected chi connectivity index (χ4v) is 3.37. The lowest BCUT2D eigenvalue weighted by molar-refractivity contribution is -0.117. The monoisotopic (exact) mass is 349 g/mol. The average molecular weight is 349 g/mol. The molecule has 26 heavy (non-hydrogen) atoms. The van der Waals surface area contributed by atoms with E-state index >= 15 is 0 Å². The number of amides is 1. The molecule has 134 valence electrons. The van der Waals surface area contributed by atoms with Gasteiger partial charge in [0.05, 0.1) is 5.57 Å². The van der Waals surface area contributed by atoms with Gasteiger partial charge >= 0.3 is 0 Å². The van der Waals surface area contributed by atoms with E-state index in [2.05, 4.69) is 15.2 Å². The Kier molecular flexibility index (Phi) is 4.86. The summed E-state index contributed by atoms with van der Waals surface area (Å²) in [6, 6.07) is 11.8. The number of benzene rings is 1. The second kappa shape index (κ2) is 7.60. The van der Waals surface area contributed by atoms with Crippen molar-refractivity contribution in [1.82, 2.24) is 10.3 Å². The van der Waals surface area contributed by atoms with Crippen molar-refractivity contribution in [2.45, 2.75) is 25.8 Å². The number of ether oxygens (including phenoxy) is 1. The number of nitrogens with zero attached hydrogens (tertiary/aromatic N) is 2. The molecule has 3 heterocycles. The fourth-order valence-electron chi connectivity index (χ4n) is 3.37. The van der Waals surface area contributed by atoms with Gasteiger partial charge in [0.2, 0.25) is 0 Å². The van der Waals surface area contributed by atoms with E-state index in [-0.39, 0.29) is 5.91 Å². The van der Waals surface area contributed by atoms with Crippen LogP contribution in [0.1, 0.15) is 30.4 Å². The molecule has 1 fully saturated rings. The third-order valence-corrected chi connectivity index (χ3v) is 4.87. The van der Waals surface area contributed by atoms with Gasteiger partial charge in [-0.05, 0) is 43.0 Å². The van der Waals surface area contributed by atoms with Crippen LogP contribution in [0.3, 0.4) is 0 Å². The molecule has 2 aliphatic rings. The highest BCUT2D eigenvalue weighted by molar-refractivity contribution is 5.99. The third-order valence-electron chi connectivity index (χ3n) is 4.87. The first-order chi connectivity index (χ1) is 12.8. The van der Waals surface area contributed by atoms with E-state index in [0.29, 0.717) is 18.7 Å². The van der Waals surface area contributed by atoms with Crippen LogP contribution in [0.4, 0.5) is 5.82 Å². The number of aromatic nitrogens is 1. The molecule has 0 spiro atoms. The topological polar surface area (TPSA) is 54.5 Å². The minimum atomic E-state index is -0.0976. The minimum Gasteiger partial charge on any atom is -0.488 e. The molecule has 5 nitrogen and oxygen atoms in total. The number of carbonyl (C=O) groups excluding carboxylic acids is 1. The molecule has 1 aromatic carbocycles. The lowest BCUT2D eigenvalue weighted by atomic mass is 10.1. The van der Waals surface area contributed by atoms with Crippen LogP contribution in [0.2, 0.25) is 0 Å². The predicted octanol–water partition coefficient (Wildman–Crippen LogP) is 3.16. The van der Waals surface area contributed by atoms with Crippen molar-refractivity contribution in [2.75, 3.05) is 24.6 Å². The van der Waals surface area contributed by atoms with Crippen molar-refractivity contribution in [3.63, 3.8) is 0 Å². The molecule has 1 N–H and O–H groups in total. The molecule has 1 amide bonds. The van der Waals surface area contributed by atoms with E-state index in [1.165, 1.54) is 19.3 Å². The predicted molar refractivity (Wildman–Crippen MR) is 102 cm³/mol. The lowest BCUT2D eigenvalue weighted by Gasteiger charge is -2.27. The summed E-state index contributed by atoms with van der Waals surface area (Å²) in [4.78, 5) is 19.3. The van der Waals surface area contributed by atoms with Gasteiger partial charge in [0.25, 0.3) is 5.91 Å². The number of nitrogens with one attached hydrogen (secondary N) is 1. The smallest absolute Gasteiger partial charge is 0.250 e. The number of hydrogen-bond donors (Lipinski definition) is 1. The van der Waals surface area contributed by atoms with Gasteiger partial charge < -0.3 is 15.0 Å². The largest absolute Gasteiger partial charge is 0.488 e. The van der Waals surface area contributed by atoms with Gasteiger partial charge in [-0.1, -0.05) is 24.3 Å². The first-order valence-electron chi connectivity index (χ1n) is 9.20. The molecule has 0 bridgehead atoms. The Labute approximate surface area is 153 Å². The maximum atomic E-state index is 12.4. The quantitative estimate of drug-likeness (QED) is 0.921. The standard InChI is InChI=1S/C21H23N3O2/c25-21(18-12-17-6-2-3-7-19(17)26-15-18)23-14-16-8-9-20(22-13-16)24-10-4-1-5-11-24/h2-3,6-9,12-13H,1,4-5,10-11,14-15H2,(H,23,25). The summed E-state index contributed by atoms with van der Waals surface area (Å²) in [5, 5.41) is 2.96. The van der Waals surface area contributed by atoms with E-state index in [4.69, 9.17) is 4.74 Å². The van der Waals surface area contributed by atoms with Crippen LogP contribution in [0.5, 0.6) is 5.75 Å². The van der Waals surface area contributed by atoms with E-state index in [0.717, 1.165) is 35.8 Å². The summed E-state index contributed by atoms with van der Waals surface area (Å²) < 4.78 is 5.65. The molecule has 0 aliphatic carbocycles. The van der Waals surface area contributed by atoms with E-state index < -0.39 is 0 Å². The van der Waals surface area contributed by atoms with E-state index in [9.17, 15) is 4.79 Å². The Morgan fingerprint density at radius 1 is 1.12 bits per heavy atom. The summed E-state index contributed by atoms with van der Waals surface area (Å²) in [6.45, 7) is 2.93. The summed E-state index contributed by atoms with van der Waals surface area (Å²) in [5.74, 6) is 1.75. The van der Waals surface area contributed by atoms with Crippen molar-refractivity contribution in [1.29, 1.82) is 0 Å². The number of anilines is 1. The van der Waals surface area contributed by atoms with Crippen LogP contribution in [0.15, 0.2) is 48.2 Å². The zero-order chi connectivity index (χ0) is 17.8. The highest BCUT2D eigenvalue weighted by Crippen LogP contribution is 2.25. The summed E-state index contributed by atoms with van der Waals surface area (Å²) >= 11 is 0. The molecule has 5 heteroatoms. The van der Waals surface area contributed by atoms with Crippen LogP contribution in [0.25, 0.3) is 6.08 Å². The summed E-state index contributed by atoms with van der Waals surface area (Å²) in [6.07, 6.45) is 7.53. The number of para-hydroxylation sites is 1. The second-order valence-electron chi connectivity index (χ2n) is 6.75. The van der Waals surface area contributed by atoms with E-state index in [1.54, 1.807) is 0 Å². The molecule has 4 rings (SSSR count). The number of hydrogen-bond acceptors (Lipinski definition) is 4. The molecule has 1 saturated heterocycles. The molecule has 0 atom stereocenters. The SMILES string of the molecule is O=C(NCc1ccc(N2CCCCC2)nc1)C1=Cc2ccccc2OC1. The maximum Gasteiger partial charge on any atom is 0.250 e. The Bertz CT molecular complexity index is 808. The van der Waals surface area contributed by atoms with Crippen molar-refractivity contribution >= 4 is 17.8 Å². The van der Waals surface area contributed by atoms with Gasteiger partial charge in [0.1, 0.15) is 18.2 Å². The van der Waals surface area contributed by atoms with Gasteiger partial charge in [0, 0.05) is 31.4 Å². The Morgan fingerprint density at radius 2 is 1.96 bits per heavy atom. The Morgan fingerprint density at radius 3 is 2.77 bits per heavy atom. The van der Waals surface area contributed by atoms with Crippen molar-refractivity contribution in [3.05, 3.63) is 59.3 Å². The number of piperidine rings is 1. The van der Waals surface area contributed by atoms with E-state index in [1.807, 2.05) is 48.7 Å². The number of pyridine rings is 1. The van der Waals surface area contributed by atoms with Gasteiger partial charge in [-0.3, -0.25) is 4.79 Å². The van der Waals surface area contributed by atoms with Crippen LogP contribution in [-0.4, -0.2) is 30.6 Å². The van der Waals surface area contributed by atoms with Crippen LogP contribution in [0, 0.1) is 0 Å². The molecule has 1 aromatic heterocycles. The molecular weight excluding hydrogens is 326 g/mol. The minimum absolute atomic E-state index is 0.0976. The highest BCUT2D eigenvalue weighted by Gasteiger charge is 2.17. The van der Waals surface area contributed by atoms with Crippen LogP contribution in [-0.2, 0) is 11.3 Å². The summed E-state index contributed by atoms with van der Waals surface area (Å²) in [5.41, 5.74) is 2.58. The second-order valence-corrected chi connectivity index (χ2v) is 6.75. The first kappa shape index (κ1) is 16.6. The molecule has 2 aliphatic heterocycles. The van der Waals surface area contributed by atoms with Crippen molar-refractivity contribution in [3.8, 4) is 5.75 Å². The zero-order valence-electron chi connectivity index (χ0n) is 14.8. The lowest BCUT2D eigenvalue weighted by Crippen LogP contribution is -2.30. The number of carbonyl (C=O) groups is 1. The van der Waals surface area contributed by atoms with Crippen LogP contribution < -0.4 is 15.0 Å². The van der Waals surface area contributed by atoms with Crippen molar-refractivity contribution < 1.29 is 9.53 Å². The third kappa shape index (κ3) is 3.72. The van der Waals surface area contributed by atoms with Gasteiger partial charge in [-0.25, -0.2) is 4.98 Å². The fraction of sp³-hybridized carbons (Fsp3) is 0.333. The van der Waals surface area contributed by atoms with Gasteiger partial charge in [0.15, 0.2) is 0 Å². The highest BCUT2D eigenvalue weighted by atomic mass is 16.5. The normalized spacial score (nSPS) is 16.3. The van der Waals surface area contributed by atoms with Gasteiger partial charge in [-0.15, -0.1) is 0 Å². The Balaban J connectivity index is 1.35. The average Bonchev–Trinajstić information content (AvgIpc) is 2.72. The first-order valence-corrected chi connectivity index (χ1v) is 9.20. The number of fused-ring (bicyclic) bond motifs is 1. The number of rotatable bonds is 4. The Hall–Kier alpha value is -2.82. The molecular formula is C21H23N3O2. The summed E-state index contributed by atoms with van der Waals surface area (Å²) in [7, 11) is 0. The van der Waals surface area contributed by atoms with Crippen LogP contribution >= 0.6 is 0 Å². The van der Waals surface area contributed by atoms with Gasteiger partial charge in [-0.2, -0.15) is 0 Å². The molecule has 0 radical (unpaired) electrons.